The van der Waals surface area contributed by atoms with E-state index in [2.05, 4.69) is 5.32 Å². The standard InChI is InChI=1S/C15H14ClN3O2S/c1-18-7-4-10-5-8-19(15(21)13(10)18)9-6-17-14(20)11-2-3-12(16)22-11/h2-5,7-8H,6,9H2,1H3,(H,17,20). The van der Waals surface area contributed by atoms with E-state index in [1.54, 1.807) is 27.5 Å². The summed E-state index contributed by atoms with van der Waals surface area (Å²) >= 11 is 7.04. The summed E-state index contributed by atoms with van der Waals surface area (Å²) < 4.78 is 3.99. The van der Waals surface area contributed by atoms with Gasteiger partial charge in [-0.3, -0.25) is 9.59 Å². The number of nitrogens with zero attached hydrogens (tertiary/aromatic N) is 2. The highest BCUT2D eigenvalue weighted by Gasteiger charge is 2.09. The lowest BCUT2D eigenvalue weighted by Crippen LogP contribution is -2.30. The summed E-state index contributed by atoms with van der Waals surface area (Å²) in [6, 6.07) is 7.18. The molecule has 3 rings (SSSR count). The van der Waals surface area contributed by atoms with Crippen LogP contribution in [0, 0.1) is 0 Å². The maximum absolute atomic E-state index is 12.4. The van der Waals surface area contributed by atoms with Gasteiger partial charge in [0, 0.05) is 37.9 Å². The average Bonchev–Trinajstić information content (AvgIpc) is 3.08. The Kier molecular flexibility index (Phi) is 4.04. The maximum Gasteiger partial charge on any atom is 0.275 e. The molecule has 0 aromatic carbocycles. The van der Waals surface area contributed by atoms with E-state index in [0.717, 1.165) is 5.39 Å². The molecule has 3 aromatic rings. The summed E-state index contributed by atoms with van der Waals surface area (Å²) in [5, 5.41) is 3.71. The highest BCUT2D eigenvalue weighted by Crippen LogP contribution is 2.20. The van der Waals surface area contributed by atoms with Crippen LogP contribution in [0.1, 0.15) is 9.67 Å². The Bertz CT molecular complexity index is 894. The SMILES string of the molecule is Cn1ccc2ccn(CCNC(=O)c3ccc(Cl)s3)c(=O)c21. The molecule has 1 amide bonds. The summed E-state index contributed by atoms with van der Waals surface area (Å²) in [6.45, 7) is 0.801. The van der Waals surface area contributed by atoms with Gasteiger partial charge in [-0.1, -0.05) is 11.6 Å². The second-order valence-electron chi connectivity index (χ2n) is 4.90. The van der Waals surface area contributed by atoms with Gasteiger partial charge in [-0.2, -0.15) is 0 Å². The van der Waals surface area contributed by atoms with E-state index in [9.17, 15) is 9.59 Å². The Labute approximate surface area is 135 Å². The Morgan fingerprint density at radius 3 is 2.77 bits per heavy atom. The molecule has 0 saturated heterocycles. The molecule has 0 atom stereocenters. The maximum atomic E-state index is 12.4. The van der Waals surface area contributed by atoms with Crippen LogP contribution in [0.4, 0.5) is 0 Å². The van der Waals surface area contributed by atoms with Crippen LogP contribution in [0.15, 0.2) is 41.5 Å². The number of halogens is 1. The van der Waals surface area contributed by atoms with Crippen molar-refractivity contribution in [2.45, 2.75) is 6.54 Å². The Balaban J connectivity index is 1.69. The molecule has 0 saturated carbocycles. The van der Waals surface area contributed by atoms with E-state index >= 15 is 0 Å². The summed E-state index contributed by atoms with van der Waals surface area (Å²) in [7, 11) is 1.84. The first-order chi connectivity index (χ1) is 10.6. The molecule has 0 aliphatic carbocycles. The van der Waals surface area contributed by atoms with Crippen molar-refractivity contribution in [2.75, 3.05) is 6.54 Å². The molecular formula is C15H14ClN3O2S. The van der Waals surface area contributed by atoms with Crippen molar-refractivity contribution < 1.29 is 4.79 Å². The van der Waals surface area contributed by atoms with Crippen LogP contribution >= 0.6 is 22.9 Å². The molecule has 0 spiro atoms. The van der Waals surface area contributed by atoms with E-state index in [-0.39, 0.29) is 11.5 Å². The van der Waals surface area contributed by atoms with Crippen LogP contribution in [0.25, 0.3) is 10.9 Å². The van der Waals surface area contributed by atoms with Crippen LogP contribution in [0.3, 0.4) is 0 Å². The number of hydrogen-bond donors (Lipinski definition) is 1. The molecule has 0 fully saturated rings. The zero-order valence-corrected chi connectivity index (χ0v) is 13.4. The summed E-state index contributed by atoms with van der Waals surface area (Å²) in [5.41, 5.74) is 0.609. The number of thiophene rings is 1. The zero-order chi connectivity index (χ0) is 15.7. The Hall–Kier alpha value is -2.05. The van der Waals surface area contributed by atoms with E-state index < -0.39 is 0 Å². The number of amides is 1. The monoisotopic (exact) mass is 335 g/mol. The third-order valence-electron chi connectivity index (χ3n) is 3.44. The first kappa shape index (κ1) is 14.9. The van der Waals surface area contributed by atoms with E-state index in [0.29, 0.717) is 27.8 Å². The second-order valence-corrected chi connectivity index (χ2v) is 6.62. The molecule has 0 aliphatic rings. The Morgan fingerprint density at radius 2 is 2.05 bits per heavy atom. The lowest BCUT2D eigenvalue weighted by molar-refractivity contribution is 0.0956. The van der Waals surface area contributed by atoms with Crippen LogP contribution in [-0.2, 0) is 13.6 Å². The van der Waals surface area contributed by atoms with Crippen LogP contribution in [-0.4, -0.2) is 21.6 Å². The molecule has 0 radical (unpaired) electrons. The fourth-order valence-electron chi connectivity index (χ4n) is 2.32. The first-order valence-corrected chi connectivity index (χ1v) is 7.94. The molecule has 0 unspecified atom stereocenters. The molecule has 5 nitrogen and oxygen atoms in total. The minimum atomic E-state index is -0.176. The van der Waals surface area contributed by atoms with Crippen molar-refractivity contribution in [3.05, 3.63) is 56.2 Å². The third kappa shape index (κ3) is 2.80. The fraction of sp³-hybridized carbons (Fsp3) is 0.200. The minimum Gasteiger partial charge on any atom is -0.350 e. The van der Waals surface area contributed by atoms with Crippen molar-refractivity contribution >= 4 is 39.7 Å². The van der Waals surface area contributed by atoms with Gasteiger partial charge in [0.1, 0.15) is 5.52 Å². The van der Waals surface area contributed by atoms with Gasteiger partial charge in [0.05, 0.1) is 9.21 Å². The number of aromatic nitrogens is 2. The van der Waals surface area contributed by atoms with Crippen molar-refractivity contribution in [2.24, 2.45) is 7.05 Å². The van der Waals surface area contributed by atoms with E-state index in [1.807, 2.05) is 25.4 Å². The van der Waals surface area contributed by atoms with Crippen LogP contribution in [0.2, 0.25) is 4.34 Å². The quantitative estimate of drug-likeness (QED) is 0.796. The molecule has 0 aliphatic heterocycles. The smallest absolute Gasteiger partial charge is 0.275 e. The van der Waals surface area contributed by atoms with Crippen LogP contribution in [0.5, 0.6) is 0 Å². The highest BCUT2D eigenvalue weighted by atomic mass is 35.5. The number of nitrogens with one attached hydrogen (secondary N) is 1. The normalized spacial score (nSPS) is 11.0. The van der Waals surface area contributed by atoms with Gasteiger partial charge in [-0.25, -0.2) is 0 Å². The third-order valence-corrected chi connectivity index (χ3v) is 4.67. The van der Waals surface area contributed by atoms with Crippen molar-refractivity contribution in [1.29, 1.82) is 0 Å². The fourth-order valence-corrected chi connectivity index (χ4v) is 3.28. The molecule has 7 heteroatoms. The molecule has 0 bridgehead atoms. The minimum absolute atomic E-state index is 0.0570. The van der Waals surface area contributed by atoms with Gasteiger partial charge in [0.2, 0.25) is 0 Å². The largest absolute Gasteiger partial charge is 0.350 e. The van der Waals surface area contributed by atoms with Gasteiger partial charge in [-0.15, -0.1) is 11.3 Å². The predicted octanol–water partition coefficient (Wildman–Crippen LogP) is 2.48. The summed E-state index contributed by atoms with van der Waals surface area (Å²) in [4.78, 5) is 24.8. The van der Waals surface area contributed by atoms with Gasteiger partial charge in [0.25, 0.3) is 11.5 Å². The van der Waals surface area contributed by atoms with E-state index in [4.69, 9.17) is 11.6 Å². The van der Waals surface area contributed by atoms with E-state index in [1.165, 1.54) is 11.3 Å². The first-order valence-electron chi connectivity index (χ1n) is 6.74. The van der Waals surface area contributed by atoms with Gasteiger partial charge >= 0.3 is 0 Å². The molecule has 3 heterocycles. The van der Waals surface area contributed by atoms with Gasteiger partial charge in [-0.05, 0) is 24.3 Å². The molecule has 3 aromatic heterocycles. The van der Waals surface area contributed by atoms with Crippen LogP contribution < -0.4 is 10.9 Å². The van der Waals surface area contributed by atoms with Crippen molar-refractivity contribution in [3.63, 3.8) is 0 Å². The van der Waals surface area contributed by atoms with Crippen molar-refractivity contribution in [1.82, 2.24) is 14.5 Å². The second kappa shape index (κ2) is 5.98. The number of hydrogen-bond acceptors (Lipinski definition) is 3. The number of pyridine rings is 1. The molecule has 1 N–H and O–H groups in total. The lowest BCUT2D eigenvalue weighted by Gasteiger charge is -2.07. The summed E-state index contributed by atoms with van der Waals surface area (Å²) in [5.74, 6) is -0.176. The van der Waals surface area contributed by atoms with Gasteiger partial charge in [0.15, 0.2) is 0 Å². The molecular weight excluding hydrogens is 322 g/mol. The lowest BCUT2D eigenvalue weighted by atomic mass is 10.3. The number of aryl methyl sites for hydroxylation is 1. The zero-order valence-electron chi connectivity index (χ0n) is 11.9. The number of carbonyl (C=O) groups is 1. The molecule has 22 heavy (non-hydrogen) atoms. The number of fused-ring (bicyclic) bond motifs is 1. The average molecular weight is 336 g/mol. The number of carbonyl (C=O) groups excluding carboxylic acids is 1. The topological polar surface area (TPSA) is 56.0 Å². The molecule has 114 valence electrons. The van der Waals surface area contributed by atoms with Crippen molar-refractivity contribution in [3.8, 4) is 0 Å². The van der Waals surface area contributed by atoms with Gasteiger partial charge < -0.3 is 14.5 Å². The summed E-state index contributed by atoms with van der Waals surface area (Å²) in [6.07, 6.45) is 3.61. The highest BCUT2D eigenvalue weighted by molar-refractivity contribution is 7.17. The predicted molar refractivity (Wildman–Crippen MR) is 88.8 cm³/mol. The number of rotatable bonds is 4. The Morgan fingerprint density at radius 1 is 1.27 bits per heavy atom.